The van der Waals surface area contributed by atoms with Crippen LogP contribution in [-0.4, -0.2) is 18.7 Å². The van der Waals surface area contributed by atoms with Gasteiger partial charge in [0, 0.05) is 5.69 Å². The van der Waals surface area contributed by atoms with Crippen molar-refractivity contribution >= 4 is 17.2 Å². The molecule has 0 radical (unpaired) electrons. The molecule has 0 spiro atoms. The molecule has 0 bridgehead atoms. The van der Waals surface area contributed by atoms with Gasteiger partial charge in [-0.3, -0.25) is 0 Å². The Labute approximate surface area is 118 Å². The molecule has 0 aliphatic carbocycles. The molecule has 1 aromatic carbocycles. The highest BCUT2D eigenvalue weighted by Crippen LogP contribution is 2.26. The average Bonchev–Trinajstić information content (AvgIpc) is 2.43. The lowest BCUT2D eigenvalue weighted by molar-refractivity contribution is 0.329. The van der Waals surface area contributed by atoms with E-state index in [0.717, 1.165) is 17.0 Å². The van der Waals surface area contributed by atoms with Crippen LogP contribution in [0.2, 0.25) is 0 Å². The number of hydrogen-bond donors (Lipinski definition) is 2. The molecule has 0 saturated carbocycles. The van der Waals surface area contributed by atoms with Crippen molar-refractivity contribution in [3.63, 3.8) is 0 Å². The number of nitrogens with one attached hydrogen (secondary N) is 1. The fraction of sp³-hybridized carbons (Fsp3) is 0.267. The first kappa shape index (κ1) is 14.0. The quantitative estimate of drug-likeness (QED) is 0.876. The van der Waals surface area contributed by atoms with Gasteiger partial charge in [0.15, 0.2) is 0 Å². The van der Waals surface area contributed by atoms with Gasteiger partial charge in [0.1, 0.15) is 11.6 Å². The van der Waals surface area contributed by atoms with Gasteiger partial charge in [-0.05, 0) is 49.7 Å². The lowest BCUT2D eigenvalue weighted by atomic mass is 10.2. The number of anilines is 3. The summed E-state index contributed by atoms with van der Waals surface area (Å²) in [7, 11) is 1.66. The summed E-state index contributed by atoms with van der Waals surface area (Å²) in [4.78, 5) is 4.34. The van der Waals surface area contributed by atoms with Crippen LogP contribution >= 0.6 is 0 Å². The Morgan fingerprint density at radius 1 is 1.25 bits per heavy atom. The molecule has 5 nitrogen and oxygen atoms in total. The van der Waals surface area contributed by atoms with Crippen molar-refractivity contribution in [2.24, 2.45) is 0 Å². The number of aryl methyl sites for hydroxylation is 1. The number of benzene rings is 1. The first-order valence-electron chi connectivity index (χ1n) is 6.45. The minimum atomic E-state index is 0.447. The zero-order chi connectivity index (χ0) is 14.5. The molecule has 2 rings (SSSR count). The molecule has 3 N–H and O–H groups in total. The number of rotatable bonds is 5. The van der Waals surface area contributed by atoms with Crippen molar-refractivity contribution in [3.05, 3.63) is 35.9 Å². The van der Waals surface area contributed by atoms with Crippen LogP contribution in [0.5, 0.6) is 11.6 Å². The molecule has 1 heterocycles. The van der Waals surface area contributed by atoms with Crippen LogP contribution < -0.4 is 20.5 Å². The maximum absolute atomic E-state index is 5.80. The highest BCUT2D eigenvalue weighted by atomic mass is 16.5. The van der Waals surface area contributed by atoms with Crippen molar-refractivity contribution in [1.82, 2.24) is 4.98 Å². The molecule has 0 amide bonds. The molecule has 0 aliphatic rings. The molecule has 2 aromatic rings. The molecule has 0 atom stereocenters. The second-order valence-corrected chi connectivity index (χ2v) is 4.33. The van der Waals surface area contributed by atoms with E-state index in [1.54, 1.807) is 13.2 Å². The van der Waals surface area contributed by atoms with Crippen LogP contribution in [-0.2, 0) is 0 Å². The molecule has 0 aliphatic heterocycles. The minimum Gasteiger partial charge on any atom is -0.496 e. The van der Waals surface area contributed by atoms with Gasteiger partial charge < -0.3 is 20.5 Å². The first-order valence-corrected chi connectivity index (χ1v) is 6.45. The Balaban J connectivity index is 2.21. The van der Waals surface area contributed by atoms with Crippen molar-refractivity contribution in [2.75, 3.05) is 24.8 Å². The van der Waals surface area contributed by atoms with Gasteiger partial charge in [0.05, 0.1) is 19.4 Å². The van der Waals surface area contributed by atoms with Gasteiger partial charge >= 0.3 is 0 Å². The molecule has 1 aromatic heterocycles. The number of ether oxygens (including phenoxy) is 2. The molecular formula is C15H19N3O2. The molecular weight excluding hydrogens is 254 g/mol. The fourth-order valence-corrected chi connectivity index (χ4v) is 1.88. The largest absolute Gasteiger partial charge is 0.496 e. The van der Waals surface area contributed by atoms with E-state index < -0.39 is 0 Å². The van der Waals surface area contributed by atoms with Crippen LogP contribution in [0.1, 0.15) is 12.5 Å². The number of nitrogens with zero attached hydrogens (tertiary/aromatic N) is 1. The second-order valence-electron chi connectivity index (χ2n) is 4.33. The lowest BCUT2D eigenvalue weighted by Crippen LogP contribution is -2.02. The van der Waals surface area contributed by atoms with Crippen molar-refractivity contribution in [1.29, 1.82) is 0 Å². The highest BCUT2D eigenvalue weighted by Gasteiger charge is 2.05. The average molecular weight is 273 g/mol. The Kier molecular flexibility index (Phi) is 4.30. The molecule has 5 heteroatoms. The standard InChI is InChI=1S/C15H19N3O2/c1-4-20-15-12(16)6-8-14(18-15)17-11-5-7-13(19-3)10(2)9-11/h5-9H,4,16H2,1-3H3,(H,17,18). The molecule has 106 valence electrons. The Morgan fingerprint density at radius 2 is 2.05 bits per heavy atom. The Bertz CT molecular complexity index is 600. The third-order valence-electron chi connectivity index (χ3n) is 2.84. The first-order chi connectivity index (χ1) is 9.63. The normalized spacial score (nSPS) is 10.2. The maximum Gasteiger partial charge on any atom is 0.239 e. The van der Waals surface area contributed by atoms with Crippen LogP contribution in [0.4, 0.5) is 17.2 Å². The molecule has 0 unspecified atom stereocenters. The van der Waals surface area contributed by atoms with E-state index in [9.17, 15) is 0 Å². The maximum atomic E-state index is 5.80. The summed E-state index contributed by atoms with van der Waals surface area (Å²) in [5.74, 6) is 1.99. The third kappa shape index (κ3) is 3.12. The Hall–Kier alpha value is -2.43. The van der Waals surface area contributed by atoms with E-state index in [4.69, 9.17) is 15.2 Å². The summed E-state index contributed by atoms with van der Waals surface area (Å²) in [6.07, 6.45) is 0. The van der Waals surface area contributed by atoms with Gasteiger partial charge in [0.2, 0.25) is 5.88 Å². The number of hydrogen-bond acceptors (Lipinski definition) is 5. The number of methoxy groups -OCH3 is 1. The van der Waals surface area contributed by atoms with Gasteiger partial charge in [-0.2, -0.15) is 4.98 Å². The lowest BCUT2D eigenvalue weighted by Gasteiger charge is -2.11. The summed E-state index contributed by atoms with van der Waals surface area (Å²) in [6, 6.07) is 9.44. The van der Waals surface area contributed by atoms with Crippen molar-refractivity contribution in [3.8, 4) is 11.6 Å². The zero-order valence-electron chi connectivity index (χ0n) is 11.9. The van der Waals surface area contributed by atoms with Crippen molar-refractivity contribution in [2.45, 2.75) is 13.8 Å². The van der Waals surface area contributed by atoms with E-state index in [1.165, 1.54) is 0 Å². The van der Waals surface area contributed by atoms with Gasteiger partial charge in [-0.15, -0.1) is 0 Å². The molecule has 20 heavy (non-hydrogen) atoms. The van der Waals surface area contributed by atoms with E-state index in [2.05, 4.69) is 10.3 Å². The minimum absolute atomic E-state index is 0.447. The summed E-state index contributed by atoms with van der Waals surface area (Å²) >= 11 is 0. The fourth-order valence-electron chi connectivity index (χ4n) is 1.88. The highest BCUT2D eigenvalue weighted by molar-refractivity contribution is 5.62. The summed E-state index contributed by atoms with van der Waals surface area (Å²) in [5, 5.41) is 3.22. The molecule has 0 fully saturated rings. The zero-order valence-corrected chi connectivity index (χ0v) is 11.9. The van der Waals surface area contributed by atoms with E-state index >= 15 is 0 Å². The van der Waals surface area contributed by atoms with E-state index in [1.807, 2.05) is 38.1 Å². The predicted molar refractivity (Wildman–Crippen MR) is 80.8 cm³/mol. The number of nitrogens with two attached hydrogens (primary N) is 1. The summed E-state index contributed by atoms with van der Waals surface area (Å²) in [5.41, 5.74) is 8.32. The third-order valence-corrected chi connectivity index (χ3v) is 2.84. The van der Waals surface area contributed by atoms with Crippen LogP contribution in [0.15, 0.2) is 30.3 Å². The number of aromatic nitrogens is 1. The van der Waals surface area contributed by atoms with Crippen molar-refractivity contribution < 1.29 is 9.47 Å². The monoisotopic (exact) mass is 273 g/mol. The second kappa shape index (κ2) is 6.14. The van der Waals surface area contributed by atoms with Crippen LogP contribution in [0.25, 0.3) is 0 Å². The number of nitrogen functional groups attached to an aromatic ring is 1. The Morgan fingerprint density at radius 3 is 2.70 bits per heavy atom. The summed E-state index contributed by atoms with van der Waals surface area (Å²) in [6.45, 7) is 4.42. The van der Waals surface area contributed by atoms with E-state index in [-0.39, 0.29) is 0 Å². The molecule has 0 saturated heterocycles. The van der Waals surface area contributed by atoms with Crippen LogP contribution in [0.3, 0.4) is 0 Å². The predicted octanol–water partition coefficient (Wildman–Crippen LogP) is 3.12. The van der Waals surface area contributed by atoms with Gasteiger partial charge in [-0.25, -0.2) is 0 Å². The smallest absolute Gasteiger partial charge is 0.239 e. The van der Waals surface area contributed by atoms with E-state index in [0.29, 0.717) is 24.0 Å². The SMILES string of the molecule is CCOc1nc(Nc2ccc(OC)c(C)c2)ccc1N. The topological polar surface area (TPSA) is 69.4 Å². The van der Waals surface area contributed by atoms with Gasteiger partial charge in [0.25, 0.3) is 0 Å². The number of pyridine rings is 1. The summed E-state index contributed by atoms with van der Waals surface area (Å²) < 4.78 is 10.6. The van der Waals surface area contributed by atoms with Gasteiger partial charge in [-0.1, -0.05) is 0 Å². The van der Waals surface area contributed by atoms with Crippen LogP contribution in [0, 0.1) is 6.92 Å².